The fourth-order valence-corrected chi connectivity index (χ4v) is 3.63. The third-order valence-electron chi connectivity index (χ3n) is 5.76. The molecule has 4 rings (SSSR count). The summed E-state index contributed by atoms with van der Waals surface area (Å²) in [6.45, 7) is 5.30. The molecule has 1 aliphatic rings. The molecule has 0 bridgehead atoms. The zero-order valence-corrected chi connectivity index (χ0v) is 19.9. The van der Waals surface area contributed by atoms with E-state index in [1.165, 1.54) is 18.3 Å². The van der Waals surface area contributed by atoms with Crippen LogP contribution in [0.3, 0.4) is 0 Å². The van der Waals surface area contributed by atoms with E-state index < -0.39 is 12.2 Å². The van der Waals surface area contributed by atoms with Gasteiger partial charge < -0.3 is 20.4 Å². The minimum Gasteiger partial charge on any atom is -0.375 e. The second-order valence-electron chi connectivity index (χ2n) is 8.47. The smallest absolute Gasteiger partial charge is 0.263 e. The highest BCUT2D eigenvalue weighted by atomic mass is 19.3. The first-order valence-corrected chi connectivity index (χ1v) is 11.4. The van der Waals surface area contributed by atoms with E-state index in [4.69, 9.17) is 0 Å². The van der Waals surface area contributed by atoms with Crippen LogP contribution in [-0.4, -0.2) is 64.1 Å². The molecule has 36 heavy (non-hydrogen) atoms. The number of halogens is 3. The molecule has 1 amide bonds. The quantitative estimate of drug-likeness (QED) is 0.469. The summed E-state index contributed by atoms with van der Waals surface area (Å²) in [4.78, 5) is 20.8. The summed E-state index contributed by atoms with van der Waals surface area (Å²) in [7, 11) is 2.06. The van der Waals surface area contributed by atoms with Gasteiger partial charge in [-0.2, -0.15) is 10.2 Å². The summed E-state index contributed by atoms with van der Waals surface area (Å²) in [5, 5.41) is 13.9. The van der Waals surface area contributed by atoms with Crippen LogP contribution in [0.2, 0.25) is 0 Å². The number of likely N-dealkylation sites (N-methyl/N-ethyl adjacent to an activating group) is 1. The minimum absolute atomic E-state index is 0.0711. The first-order chi connectivity index (χ1) is 17.3. The Hall–Kier alpha value is -3.99. The number of carbonyl (C=O) groups excluding carboxylic acids is 1. The van der Waals surface area contributed by atoms with E-state index in [2.05, 4.69) is 42.7 Å². The number of benzene rings is 1. The number of rotatable bonds is 7. The molecular formula is C25H26F3N7O. The van der Waals surface area contributed by atoms with Crippen LogP contribution in [0.5, 0.6) is 0 Å². The van der Waals surface area contributed by atoms with Crippen LogP contribution in [0.25, 0.3) is 11.3 Å². The van der Waals surface area contributed by atoms with Crippen LogP contribution in [0.15, 0.2) is 54.9 Å². The van der Waals surface area contributed by atoms with Crippen molar-refractivity contribution in [1.82, 2.24) is 25.0 Å². The zero-order valence-electron chi connectivity index (χ0n) is 19.9. The van der Waals surface area contributed by atoms with Crippen molar-refractivity contribution < 1.29 is 18.0 Å². The summed E-state index contributed by atoms with van der Waals surface area (Å²) < 4.78 is 40.6. The summed E-state index contributed by atoms with van der Waals surface area (Å²) in [5.74, 6) is -0.650. The average molecular weight is 498 g/mol. The number of hydrogen-bond acceptors (Lipinski definition) is 7. The molecule has 1 aromatic carbocycles. The second-order valence-corrected chi connectivity index (χ2v) is 8.47. The van der Waals surface area contributed by atoms with Gasteiger partial charge in [-0.15, -0.1) is 0 Å². The highest BCUT2D eigenvalue weighted by Gasteiger charge is 2.15. The number of carbonyl (C=O) groups is 1. The number of piperazine rings is 1. The summed E-state index contributed by atoms with van der Waals surface area (Å²) in [6, 6.07) is 7.96. The molecule has 8 nitrogen and oxygen atoms in total. The number of anilines is 3. The topological polar surface area (TPSA) is 86.3 Å². The Balaban J connectivity index is 1.47. The number of hydrogen-bond donors (Lipinski definition) is 2. The van der Waals surface area contributed by atoms with Gasteiger partial charge >= 0.3 is 0 Å². The van der Waals surface area contributed by atoms with Crippen LogP contribution in [0, 0.1) is 12.7 Å². The van der Waals surface area contributed by atoms with Crippen LogP contribution in [-0.2, 0) is 4.79 Å². The lowest BCUT2D eigenvalue weighted by Crippen LogP contribution is -2.41. The van der Waals surface area contributed by atoms with Gasteiger partial charge in [0.15, 0.2) is 0 Å². The van der Waals surface area contributed by atoms with Crippen molar-refractivity contribution in [3.8, 4) is 11.3 Å². The summed E-state index contributed by atoms with van der Waals surface area (Å²) >= 11 is 0. The largest absolute Gasteiger partial charge is 0.375 e. The van der Waals surface area contributed by atoms with Gasteiger partial charge in [-0.25, -0.2) is 18.2 Å². The minimum atomic E-state index is -2.73. The van der Waals surface area contributed by atoms with E-state index in [1.807, 2.05) is 0 Å². The Bertz CT molecular complexity index is 1260. The van der Waals surface area contributed by atoms with Crippen molar-refractivity contribution in [3.63, 3.8) is 0 Å². The SMILES string of the molecule is Cc1nnc(-c2cc(C(F)F)ccc2F)cc1Nc1ccnc(NC(=O)C=CN2CCN(C)CC2)c1. The fraction of sp³-hybridized carbons (Fsp3) is 0.280. The molecule has 3 heterocycles. The van der Waals surface area contributed by atoms with Gasteiger partial charge in [-0.3, -0.25) is 4.79 Å². The van der Waals surface area contributed by atoms with Gasteiger partial charge in [0.1, 0.15) is 11.6 Å². The maximum Gasteiger partial charge on any atom is 0.263 e. The molecule has 188 valence electrons. The van der Waals surface area contributed by atoms with Gasteiger partial charge in [0, 0.05) is 67.5 Å². The molecular weight excluding hydrogens is 471 g/mol. The molecule has 1 aliphatic heterocycles. The Labute approximate surface area is 206 Å². The lowest BCUT2D eigenvalue weighted by molar-refractivity contribution is -0.112. The number of amides is 1. The van der Waals surface area contributed by atoms with Crippen molar-refractivity contribution in [3.05, 3.63) is 71.9 Å². The zero-order chi connectivity index (χ0) is 25.7. The molecule has 3 aromatic rings. The third kappa shape index (κ3) is 6.36. The number of aryl methyl sites for hydroxylation is 1. The first-order valence-electron chi connectivity index (χ1n) is 11.4. The molecule has 0 saturated carbocycles. The molecule has 1 saturated heterocycles. The molecule has 0 unspecified atom stereocenters. The van der Waals surface area contributed by atoms with Crippen molar-refractivity contribution >= 4 is 23.1 Å². The lowest BCUT2D eigenvalue weighted by Gasteiger charge is -2.31. The Morgan fingerprint density at radius 2 is 1.86 bits per heavy atom. The van der Waals surface area contributed by atoms with E-state index in [0.29, 0.717) is 22.9 Å². The molecule has 0 atom stereocenters. The van der Waals surface area contributed by atoms with Crippen LogP contribution in [0.1, 0.15) is 17.7 Å². The molecule has 0 aliphatic carbocycles. The van der Waals surface area contributed by atoms with Gasteiger partial charge in [0.2, 0.25) is 0 Å². The molecule has 11 heteroatoms. The number of alkyl halides is 2. The number of nitrogens with zero attached hydrogens (tertiary/aromatic N) is 5. The van der Waals surface area contributed by atoms with Crippen molar-refractivity contribution in [2.75, 3.05) is 43.9 Å². The molecule has 1 fully saturated rings. The Morgan fingerprint density at radius 1 is 1.08 bits per heavy atom. The van der Waals surface area contributed by atoms with E-state index in [9.17, 15) is 18.0 Å². The number of nitrogens with one attached hydrogen (secondary N) is 2. The fourth-order valence-electron chi connectivity index (χ4n) is 3.63. The average Bonchev–Trinajstić information content (AvgIpc) is 2.85. The third-order valence-corrected chi connectivity index (χ3v) is 5.76. The van der Waals surface area contributed by atoms with E-state index in [-0.39, 0.29) is 22.7 Å². The summed E-state index contributed by atoms with van der Waals surface area (Å²) in [6.07, 6.45) is 2.04. The van der Waals surface area contributed by atoms with Crippen LogP contribution < -0.4 is 10.6 Å². The highest BCUT2D eigenvalue weighted by molar-refractivity contribution is 5.98. The predicted molar refractivity (Wildman–Crippen MR) is 131 cm³/mol. The van der Waals surface area contributed by atoms with E-state index in [1.54, 1.807) is 25.3 Å². The van der Waals surface area contributed by atoms with Crippen LogP contribution in [0.4, 0.5) is 30.4 Å². The first kappa shape index (κ1) is 25.1. The van der Waals surface area contributed by atoms with E-state index in [0.717, 1.165) is 44.4 Å². The maximum atomic E-state index is 14.4. The molecule has 0 spiro atoms. The standard InChI is InChI=1S/C25H26F3N7O/c1-16-21(15-22(33-32-16)19-13-17(25(27)28)3-4-20(19)26)30-18-5-7-29-23(14-18)31-24(36)6-8-35-11-9-34(2)10-12-35/h3-8,13-15,25H,9-12H2,1-2H3,(H2,29,30,31,33,36). The van der Waals surface area contributed by atoms with Gasteiger partial charge in [-0.1, -0.05) is 6.07 Å². The van der Waals surface area contributed by atoms with Crippen molar-refractivity contribution in [2.45, 2.75) is 13.3 Å². The van der Waals surface area contributed by atoms with Gasteiger partial charge in [0.25, 0.3) is 12.3 Å². The second kappa shape index (κ2) is 11.2. The maximum absolute atomic E-state index is 14.4. The highest BCUT2D eigenvalue weighted by Crippen LogP contribution is 2.30. The molecule has 0 radical (unpaired) electrons. The van der Waals surface area contributed by atoms with Gasteiger partial charge in [-0.05, 0) is 38.2 Å². The Morgan fingerprint density at radius 3 is 2.61 bits per heavy atom. The number of pyridine rings is 1. The normalized spacial score (nSPS) is 14.4. The molecule has 2 N–H and O–H groups in total. The van der Waals surface area contributed by atoms with E-state index >= 15 is 0 Å². The Kier molecular flexibility index (Phi) is 7.79. The van der Waals surface area contributed by atoms with Gasteiger partial charge in [0.05, 0.1) is 17.1 Å². The number of aromatic nitrogens is 3. The monoisotopic (exact) mass is 497 g/mol. The van der Waals surface area contributed by atoms with Crippen molar-refractivity contribution in [1.29, 1.82) is 0 Å². The lowest BCUT2D eigenvalue weighted by atomic mass is 10.1. The molecule has 2 aromatic heterocycles. The predicted octanol–water partition coefficient (Wildman–Crippen LogP) is 4.37. The summed E-state index contributed by atoms with van der Waals surface area (Å²) in [5.41, 5.74) is 1.34. The van der Waals surface area contributed by atoms with Crippen molar-refractivity contribution in [2.24, 2.45) is 0 Å². The van der Waals surface area contributed by atoms with Crippen LogP contribution >= 0.6 is 0 Å².